The summed E-state index contributed by atoms with van der Waals surface area (Å²) in [6.45, 7) is 5.18. The minimum absolute atomic E-state index is 0.844. The fraction of sp³-hybridized carbons (Fsp3) is 0.364. The molecule has 1 aliphatic rings. The van der Waals surface area contributed by atoms with Crippen molar-refractivity contribution in [2.45, 2.75) is 32.6 Å². The molecular weight excluding hydrogens is 320 g/mol. The van der Waals surface area contributed by atoms with Crippen LogP contribution in [0.1, 0.15) is 32.6 Å². The van der Waals surface area contributed by atoms with E-state index in [1.165, 1.54) is 12.8 Å². The summed E-state index contributed by atoms with van der Waals surface area (Å²) in [5.74, 6) is 1.02. The van der Waals surface area contributed by atoms with E-state index in [4.69, 9.17) is 9.98 Å². The summed E-state index contributed by atoms with van der Waals surface area (Å²) in [5, 5.41) is 1.12. The summed E-state index contributed by atoms with van der Waals surface area (Å²) in [5.41, 5.74) is 3.18. The fourth-order valence-electron chi connectivity index (χ4n) is 3.58. The van der Waals surface area contributed by atoms with E-state index < -0.39 is 0 Å². The molecule has 4 rings (SSSR count). The van der Waals surface area contributed by atoms with Gasteiger partial charge in [0.2, 0.25) is 5.95 Å². The molecule has 0 radical (unpaired) electrons. The molecule has 1 saturated heterocycles. The van der Waals surface area contributed by atoms with Gasteiger partial charge in [-0.3, -0.25) is 9.56 Å². The Hall–Kier alpha value is -2.62. The number of hydrogen-bond donors (Lipinski definition) is 0. The number of rotatable bonds is 5. The molecule has 0 atom stereocenters. The smallest absolute Gasteiger partial charge is 0.212 e. The van der Waals surface area contributed by atoms with E-state index in [0.717, 1.165) is 60.5 Å². The van der Waals surface area contributed by atoms with Gasteiger partial charge < -0.3 is 4.90 Å². The molecule has 0 bridgehead atoms. The van der Waals surface area contributed by atoms with Crippen molar-refractivity contribution in [2.75, 3.05) is 24.5 Å². The van der Waals surface area contributed by atoms with Gasteiger partial charge in [0, 0.05) is 25.0 Å². The normalized spacial score (nSPS) is 15.1. The Morgan fingerprint density at radius 1 is 0.962 bits per heavy atom. The van der Waals surface area contributed by atoms with Gasteiger partial charge in [0.1, 0.15) is 5.49 Å². The molecule has 26 heavy (non-hydrogen) atoms. The van der Waals surface area contributed by atoms with E-state index in [9.17, 15) is 0 Å². The van der Waals surface area contributed by atoms with Crippen LogP contribution in [0.3, 0.4) is 0 Å². The first kappa shape index (κ1) is 16.8. The van der Waals surface area contributed by atoms with Crippen LogP contribution in [0.4, 0.5) is 5.95 Å². The molecule has 0 amide bonds. The molecule has 1 aliphatic heterocycles. The van der Waals surface area contributed by atoms with Crippen LogP contribution < -0.4 is 10.4 Å². The van der Waals surface area contributed by atoms with Crippen LogP contribution in [0.25, 0.3) is 16.6 Å². The summed E-state index contributed by atoms with van der Waals surface area (Å²) in [7, 11) is 0. The van der Waals surface area contributed by atoms with E-state index in [2.05, 4.69) is 71.0 Å². The molecule has 2 heterocycles. The summed E-state index contributed by atoms with van der Waals surface area (Å²) >= 11 is 0. The van der Waals surface area contributed by atoms with Crippen molar-refractivity contribution in [1.82, 2.24) is 9.55 Å². The second kappa shape index (κ2) is 7.73. The molecule has 1 aromatic heterocycles. The zero-order chi connectivity index (χ0) is 17.8. The fourth-order valence-corrected chi connectivity index (χ4v) is 3.58. The standard InChI is InChI=1S/C22H26N4/c1-2-3-15-23-21-19-13-7-8-14-20(19)24-22(25-16-9-10-17-25)26(21)18-11-5-4-6-12-18/h4-8,11-14H,2-3,9-10,15-17H2,1H3. The van der Waals surface area contributed by atoms with E-state index in [0.29, 0.717) is 0 Å². The van der Waals surface area contributed by atoms with Crippen LogP contribution in [0.15, 0.2) is 59.6 Å². The zero-order valence-electron chi connectivity index (χ0n) is 15.4. The van der Waals surface area contributed by atoms with Gasteiger partial charge in [-0.2, -0.15) is 0 Å². The highest BCUT2D eigenvalue weighted by atomic mass is 15.3. The van der Waals surface area contributed by atoms with Gasteiger partial charge >= 0.3 is 0 Å². The van der Waals surface area contributed by atoms with Crippen molar-refractivity contribution in [1.29, 1.82) is 0 Å². The maximum Gasteiger partial charge on any atom is 0.212 e. The van der Waals surface area contributed by atoms with Gasteiger partial charge in [-0.05, 0) is 43.5 Å². The van der Waals surface area contributed by atoms with E-state index in [1.54, 1.807) is 0 Å². The summed E-state index contributed by atoms with van der Waals surface area (Å²) in [6.07, 6.45) is 4.71. The third-order valence-electron chi connectivity index (χ3n) is 4.95. The number of unbranched alkanes of at least 4 members (excludes halogenated alkanes) is 1. The van der Waals surface area contributed by atoms with E-state index in [-0.39, 0.29) is 0 Å². The highest BCUT2D eigenvalue weighted by Crippen LogP contribution is 2.22. The number of nitrogens with zero attached hydrogens (tertiary/aromatic N) is 4. The van der Waals surface area contributed by atoms with Crippen molar-refractivity contribution in [3.63, 3.8) is 0 Å². The van der Waals surface area contributed by atoms with Crippen LogP contribution in [-0.2, 0) is 0 Å². The molecule has 0 N–H and O–H groups in total. The molecule has 0 aliphatic carbocycles. The highest BCUT2D eigenvalue weighted by molar-refractivity contribution is 5.79. The predicted octanol–water partition coefficient (Wildman–Crippen LogP) is 4.33. The first-order valence-corrected chi connectivity index (χ1v) is 9.71. The SMILES string of the molecule is CCCCN=c1c2ccccc2nc(N2CCCC2)n1-c1ccccc1. The molecule has 4 nitrogen and oxygen atoms in total. The van der Waals surface area contributed by atoms with Crippen LogP contribution in [-0.4, -0.2) is 29.2 Å². The average molecular weight is 346 g/mol. The Bertz CT molecular complexity index is 937. The Balaban J connectivity index is 2.03. The van der Waals surface area contributed by atoms with E-state index >= 15 is 0 Å². The zero-order valence-corrected chi connectivity index (χ0v) is 15.4. The summed E-state index contributed by atoms with van der Waals surface area (Å²) in [4.78, 5) is 12.5. The predicted molar refractivity (Wildman–Crippen MR) is 108 cm³/mol. The Morgan fingerprint density at radius 2 is 1.69 bits per heavy atom. The number of aromatic nitrogens is 2. The molecular formula is C22H26N4. The highest BCUT2D eigenvalue weighted by Gasteiger charge is 2.20. The van der Waals surface area contributed by atoms with Gasteiger partial charge in [-0.25, -0.2) is 4.98 Å². The maximum atomic E-state index is 5.05. The third-order valence-corrected chi connectivity index (χ3v) is 4.95. The Labute approximate surface area is 154 Å². The van der Waals surface area contributed by atoms with Gasteiger partial charge in [0.15, 0.2) is 0 Å². The van der Waals surface area contributed by atoms with Crippen LogP contribution in [0, 0.1) is 0 Å². The largest absolute Gasteiger partial charge is 0.342 e. The lowest BCUT2D eigenvalue weighted by Crippen LogP contribution is -2.31. The molecule has 2 aromatic carbocycles. The number of benzene rings is 2. The summed E-state index contributed by atoms with van der Waals surface area (Å²) in [6, 6.07) is 18.9. The van der Waals surface area contributed by atoms with Gasteiger partial charge in [-0.15, -0.1) is 0 Å². The molecule has 4 heteroatoms. The van der Waals surface area contributed by atoms with Crippen LogP contribution in [0.2, 0.25) is 0 Å². The van der Waals surface area contributed by atoms with Crippen LogP contribution in [0.5, 0.6) is 0 Å². The van der Waals surface area contributed by atoms with Gasteiger partial charge in [-0.1, -0.05) is 43.7 Å². The Kier molecular flexibility index (Phi) is 5.00. The van der Waals surface area contributed by atoms with Gasteiger partial charge in [0.05, 0.1) is 11.2 Å². The molecule has 1 fully saturated rings. The minimum Gasteiger partial charge on any atom is -0.342 e. The number of fused-ring (bicyclic) bond motifs is 1. The molecule has 3 aromatic rings. The van der Waals surface area contributed by atoms with Crippen LogP contribution >= 0.6 is 0 Å². The monoisotopic (exact) mass is 346 g/mol. The van der Waals surface area contributed by atoms with E-state index in [1.807, 2.05) is 0 Å². The average Bonchev–Trinajstić information content (AvgIpc) is 3.23. The first-order valence-electron chi connectivity index (χ1n) is 9.71. The van der Waals surface area contributed by atoms with Crippen molar-refractivity contribution >= 4 is 16.9 Å². The molecule has 0 saturated carbocycles. The second-order valence-electron chi connectivity index (χ2n) is 6.85. The summed E-state index contributed by atoms with van der Waals surface area (Å²) < 4.78 is 2.25. The van der Waals surface area contributed by atoms with Gasteiger partial charge in [0.25, 0.3) is 0 Å². The maximum absolute atomic E-state index is 5.05. The Morgan fingerprint density at radius 3 is 2.46 bits per heavy atom. The van der Waals surface area contributed by atoms with Crippen molar-refractivity contribution < 1.29 is 0 Å². The quantitative estimate of drug-likeness (QED) is 0.645. The molecule has 0 spiro atoms. The number of hydrogen-bond acceptors (Lipinski definition) is 3. The lowest BCUT2D eigenvalue weighted by atomic mass is 10.2. The van der Waals surface area contributed by atoms with Crippen molar-refractivity contribution in [3.05, 3.63) is 60.1 Å². The number of anilines is 1. The van der Waals surface area contributed by atoms with Crippen molar-refractivity contribution in [3.8, 4) is 5.69 Å². The van der Waals surface area contributed by atoms with Crippen molar-refractivity contribution in [2.24, 2.45) is 4.99 Å². The molecule has 134 valence electrons. The topological polar surface area (TPSA) is 33.4 Å². The lowest BCUT2D eigenvalue weighted by molar-refractivity contribution is 0.765. The molecule has 0 unspecified atom stereocenters. The third kappa shape index (κ3) is 3.24. The number of para-hydroxylation sites is 2. The first-order chi connectivity index (χ1) is 12.9. The second-order valence-corrected chi connectivity index (χ2v) is 6.85. The lowest BCUT2D eigenvalue weighted by Gasteiger charge is -2.23. The minimum atomic E-state index is 0.844.